The van der Waals surface area contributed by atoms with Crippen molar-refractivity contribution in [2.24, 2.45) is 5.41 Å². The molecular weight excluding hydrogens is 478 g/mol. The second-order valence-corrected chi connectivity index (χ2v) is 12.2. The van der Waals surface area contributed by atoms with Gasteiger partial charge in [-0.2, -0.15) is 0 Å². The quantitative estimate of drug-likeness (QED) is 0.0843. The van der Waals surface area contributed by atoms with Crippen LogP contribution in [0.3, 0.4) is 0 Å². The van der Waals surface area contributed by atoms with Gasteiger partial charge in [-0.05, 0) is 77.4 Å². The fourth-order valence-electron chi connectivity index (χ4n) is 4.68. The predicted octanol–water partition coefficient (Wildman–Crippen LogP) is 7.84. The minimum Gasteiger partial charge on any atom is -0.465 e. The van der Waals surface area contributed by atoms with Crippen LogP contribution in [0.5, 0.6) is 0 Å². The van der Waals surface area contributed by atoms with Crippen molar-refractivity contribution in [1.29, 1.82) is 0 Å². The van der Waals surface area contributed by atoms with E-state index in [2.05, 4.69) is 25.7 Å². The highest BCUT2D eigenvalue weighted by Crippen LogP contribution is 2.26. The number of ether oxygens (including phenoxy) is 2. The summed E-state index contributed by atoms with van der Waals surface area (Å²) in [4.78, 5) is 26.6. The zero-order valence-corrected chi connectivity index (χ0v) is 25.9. The fourth-order valence-corrected chi connectivity index (χ4v) is 4.68. The van der Waals surface area contributed by atoms with Crippen LogP contribution in [0.1, 0.15) is 149 Å². The Morgan fingerprint density at radius 1 is 0.737 bits per heavy atom. The molecule has 6 nitrogen and oxygen atoms in total. The molecule has 0 spiro atoms. The lowest BCUT2D eigenvalue weighted by atomic mass is 9.87. The van der Waals surface area contributed by atoms with E-state index in [1.165, 1.54) is 32.1 Å². The summed E-state index contributed by atoms with van der Waals surface area (Å²) < 4.78 is 11.5. The Bertz CT molecular complexity index is 564. The van der Waals surface area contributed by atoms with Crippen LogP contribution in [0.15, 0.2) is 0 Å². The molecule has 0 aromatic carbocycles. The summed E-state index contributed by atoms with van der Waals surface area (Å²) in [6.45, 7) is 8.20. The monoisotopic (exact) mass is 541 g/mol. The van der Waals surface area contributed by atoms with E-state index in [1.807, 2.05) is 14.1 Å². The summed E-state index contributed by atoms with van der Waals surface area (Å²) in [5.41, 5.74) is -0.0408. The smallest absolute Gasteiger partial charge is 0.306 e. The minimum atomic E-state index is -0.0784. The molecule has 0 amide bonds. The number of aliphatic hydroxyl groups excluding tert-OH is 1. The molecule has 0 aliphatic heterocycles. The largest absolute Gasteiger partial charge is 0.465 e. The van der Waals surface area contributed by atoms with E-state index in [0.717, 1.165) is 90.0 Å². The topological polar surface area (TPSA) is 76.1 Å². The molecule has 0 aliphatic rings. The lowest BCUT2D eigenvalue weighted by Crippen LogP contribution is -2.22. The predicted molar refractivity (Wildman–Crippen MR) is 158 cm³/mol. The lowest BCUT2D eigenvalue weighted by molar-refractivity contribution is -0.150. The van der Waals surface area contributed by atoms with Gasteiger partial charge < -0.3 is 19.5 Å². The molecule has 0 saturated carbocycles. The average molecular weight is 542 g/mol. The highest BCUT2D eigenvalue weighted by molar-refractivity contribution is 5.69. The summed E-state index contributed by atoms with van der Waals surface area (Å²) in [6, 6.07) is 0. The maximum Gasteiger partial charge on any atom is 0.306 e. The van der Waals surface area contributed by atoms with Crippen molar-refractivity contribution in [3.05, 3.63) is 0 Å². The highest BCUT2D eigenvalue weighted by atomic mass is 16.5. The first kappa shape index (κ1) is 36.9. The summed E-state index contributed by atoms with van der Waals surface area (Å²) in [5.74, 6) is -0.141. The molecule has 1 atom stereocenters. The maximum absolute atomic E-state index is 12.4. The Hall–Kier alpha value is -1.14. The molecule has 0 aromatic heterocycles. The van der Waals surface area contributed by atoms with E-state index in [0.29, 0.717) is 19.4 Å². The van der Waals surface area contributed by atoms with E-state index in [-0.39, 0.29) is 30.1 Å². The van der Waals surface area contributed by atoms with Crippen LogP contribution >= 0.6 is 0 Å². The van der Waals surface area contributed by atoms with Crippen molar-refractivity contribution in [2.75, 3.05) is 33.9 Å². The number of carbonyl (C=O) groups is 2. The zero-order valence-electron chi connectivity index (χ0n) is 25.9. The molecule has 0 heterocycles. The fraction of sp³-hybridized carbons (Fsp3) is 0.938. The molecule has 226 valence electrons. The van der Waals surface area contributed by atoms with Crippen molar-refractivity contribution in [3.63, 3.8) is 0 Å². The summed E-state index contributed by atoms with van der Waals surface area (Å²) in [5, 5.41) is 8.94. The molecule has 0 fully saturated rings. The third kappa shape index (κ3) is 25.2. The number of esters is 2. The van der Waals surface area contributed by atoms with Gasteiger partial charge in [0.25, 0.3) is 0 Å². The van der Waals surface area contributed by atoms with Crippen LogP contribution in [0.2, 0.25) is 0 Å². The third-order valence-electron chi connectivity index (χ3n) is 7.21. The van der Waals surface area contributed by atoms with Gasteiger partial charge >= 0.3 is 11.9 Å². The first-order chi connectivity index (χ1) is 18.2. The molecule has 0 aliphatic carbocycles. The molecule has 0 rings (SSSR count). The van der Waals surface area contributed by atoms with Gasteiger partial charge in [-0.25, -0.2) is 0 Å². The lowest BCUT2D eigenvalue weighted by Gasteiger charge is -2.25. The Labute approximate surface area is 235 Å². The van der Waals surface area contributed by atoms with Crippen molar-refractivity contribution in [2.45, 2.75) is 155 Å². The SMILES string of the molecule is CCCCCCCCCC(=O)OCC(C)(C)CCCCC(CCCCCCCO)OC(=O)CCCN(C)C. The molecule has 6 heteroatoms. The van der Waals surface area contributed by atoms with Gasteiger partial charge in [-0.15, -0.1) is 0 Å². The second kappa shape index (κ2) is 24.9. The number of rotatable bonds is 27. The highest BCUT2D eigenvalue weighted by Gasteiger charge is 2.21. The molecule has 38 heavy (non-hydrogen) atoms. The van der Waals surface area contributed by atoms with Crippen LogP contribution in [-0.4, -0.2) is 61.9 Å². The third-order valence-corrected chi connectivity index (χ3v) is 7.21. The summed E-state index contributed by atoms with van der Waals surface area (Å²) >= 11 is 0. The maximum atomic E-state index is 12.4. The van der Waals surface area contributed by atoms with Gasteiger partial charge in [0.15, 0.2) is 0 Å². The van der Waals surface area contributed by atoms with Crippen LogP contribution in [-0.2, 0) is 19.1 Å². The Morgan fingerprint density at radius 2 is 1.29 bits per heavy atom. The first-order valence-electron chi connectivity index (χ1n) is 15.8. The summed E-state index contributed by atoms with van der Waals surface area (Å²) in [7, 11) is 4.04. The van der Waals surface area contributed by atoms with Gasteiger partial charge in [-0.1, -0.05) is 85.0 Å². The van der Waals surface area contributed by atoms with Gasteiger partial charge in [-0.3, -0.25) is 9.59 Å². The van der Waals surface area contributed by atoms with Gasteiger partial charge in [0, 0.05) is 19.4 Å². The van der Waals surface area contributed by atoms with Crippen molar-refractivity contribution >= 4 is 11.9 Å². The minimum absolute atomic E-state index is 0.0115. The van der Waals surface area contributed by atoms with Gasteiger partial charge in [0.2, 0.25) is 0 Å². The van der Waals surface area contributed by atoms with E-state index >= 15 is 0 Å². The Morgan fingerprint density at radius 3 is 1.92 bits per heavy atom. The van der Waals surface area contributed by atoms with Crippen LogP contribution < -0.4 is 0 Å². The van der Waals surface area contributed by atoms with Crippen molar-refractivity contribution < 1.29 is 24.2 Å². The molecule has 0 aromatic rings. The molecule has 0 saturated heterocycles. The van der Waals surface area contributed by atoms with E-state index in [1.54, 1.807) is 0 Å². The van der Waals surface area contributed by atoms with Gasteiger partial charge in [0.1, 0.15) is 6.10 Å². The summed E-state index contributed by atoms with van der Waals surface area (Å²) in [6.07, 6.45) is 20.3. The van der Waals surface area contributed by atoms with Gasteiger partial charge in [0.05, 0.1) is 6.61 Å². The first-order valence-corrected chi connectivity index (χ1v) is 15.8. The number of aliphatic hydroxyl groups is 1. The van der Waals surface area contributed by atoms with E-state index < -0.39 is 0 Å². The second-order valence-electron chi connectivity index (χ2n) is 12.2. The van der Waals surface area contributed by atoms with Crippen LogP contribution in [0, 0.1) is 5.41 Å². The molecule has 1 unspecified atom stereocenters. The molecule has 0 bridgehead atoms. The number of nitrogens with zero attached hydrogens (tertiary/aromatic N) is 1. The number of hydrogen-bond donors (Lipinski definition) is 1. The van der Waals surface area contributed by atoms with E-state index in [4.69, 9.17) is 14.6 Å². The van der Waals surface area contributed by atoms with Crippen molar-refractivity contribution in [1.82, 2.24) is 4.90 Å². The standard InChI is InChI=1S/C32H63NO5/c1-6-7-8-9-10-13-16-23-30(35)37-28-32(2,3)25-18-17-22-29(21-15-12-11-14-19-27-34)38-31(36)24-20-26-33(4)5/h29,34H,6-28H2,1-5H3. The van der Waals surface area contributed by atoms with E-state index in [9.17, 15) is 9.59 Å². The molecule has 0 radical (unpaired) electrons. The average Bonchev–Trinajstić information content (AvgIpc) is 2.86. The molecular formula is C32H63NO5. The normalized spacial score (nSPS) is 12.6. The van der Waals surface area contributed by atoms with Crippen molar-refractivity contribution in [3.8, 4) is 0 Å². The molecule has 1 N–H and O–H groups in total. The van der Waals surface area contributed by atoms with Crippen LogP contribution in [0.25, 0.3) is 0 Å². The number of carbonyl (C=O) groups excluding carboxylic acids is 2. The zero-order chi connectivity index (χ0) is 28.5. The van der Waals surface area contributed by atoms with Crippen LogP contribution in [0.4, 0.5) is 0 Å². The Kier molecular flexibility index (Phi) is 24.1. The number of hydrogen-bond acceptors (Lipinski definition) is 6. The number of unbranched alkanes of at least 4 members (excludes halogenated alkanes) is 11. The Balaban J connectivity index is 4.25.